The molecule has 0 N–H and O–H groups in total. The van der Waals surface area contributed by atoms with Crippen molar-refractivity contribution in [2.24, 2.45) is 11.3 Å². The number of allylic oxidation sites excluding steroid dienone is 2. The second-order valence-electron chi connectivity index (χ2n) is 5.15. The molecule has 1 aliphatic carbocycles. The Morgan fingerprint density at radius 1 is 1.36 bits per heavy atom. The van der Waals surface area contributed by atoms with Gasteiger partial charge in [0.05, 0.1) is 0 Å². The normalized spacial score (nSPS) is 32.4. The molecule has 1 nitrogen and oxygen atoms in total. The average Bonchev–Trinajstić information content (AvgIpc) is 2.18. The molecule has 1 fully saturated rings. The smallest absolute Gasteiger partial charge is 0.126 e. The van der Waals surface area contributed by atoms with Crippen LogP contribution in [0.5, 0.6) is 0 Å². The monoisotopic (exact) mass is 194 g/mol. The van der Waals surface area contributed by atoms with Gasteiger partial charge in [-0.3, -0.25) is 0 Å². The fraction of sp³-hybridized carbons (Fsp3) is 0.769. The quantitative estimate of drug-likeness (QED) is 0.494. The number of rotatable bonds is 3. The molecule has 1 aliphatic rings. The predicted octanol–water partition coefficient (Wildman–Crippen LogP) is 3.74. The third-order valence-electron chi connectivity index (χ3n) is 3.44. The molecule has 0 aromatic carbocycles. The summed E-state index contributed by atoms with van der Waals surface area (Å²) in [7, 11) is 0. The van der Waals surface area contributed by atoms with Gasteiger partial charge in [-0.15, -0.1) is 0 Å². The van der Waals surface area contributed by atoms with Gasteiger partial charge in [0.1, 0.15) is 6.29 Å². The van der Waals surface area contributed by atoms with Crippen molar-refractivity contribution in [3.8, 4) is 0 Å². The van der Waals surface area contributed by atoms with Gasteiger partial charge in [-0.1, -0.05) is 18.6 Å². The first kappa shape index (κ1) is 11.5. The van der Waals surface area contributed by atoms with Gasteiger partial charge in [-0.2, -0.15) is 0 Å². The number of carbonyl (C=O) groups excluding carboxylic acids is 1. The number of hydrogen-bond acceptors (Lipinski definition) is 1. The van der Waals surface area contributed by atoms with Crippen molar-refractivity contribution in [2.75, 3.05) is 0 Å². The van der Waals surface area contributed by atoms with Crippen LogP contribution in [0.2, 0.25) is 0 Å². The maximum Gasteiger partial charge on any atom is 0.126 e. The molecule has 0 aromatic heterocycles. The van der Waals surface area contributed by atoms with Gasteiger partial charge in [0.25, 0.3) is 0 Å². The summed E-state index contributed by atoms with van der Waals surface area (Å²) in [6, 6.07) is 0. The number of aldehydes is 1. The first-order chi connectivity index (χ1) is 6.58. The summed E-state index contributed by atoms with van der Waals surface area (Å²) in [5.41, 5.74) is 1.30. The van der Waals surface area contributed by atoms with Crippen molar-refractivity contribution < 1.29 is 4.79 Å². The minimum absolute atomic E-state index is 0.0240. The summed E-state index contributed by atoms with van der Waals surface area (Å²) in [4.78, 5) is 11.2. The Balaban J connectivity index is 2.58. The van der Waals surface area contributed by atoms with E-state index in [1.807, 2.05) is 0 Å². The minimum atomic E-state index is -0.0240. The summed E-state index contributed by atoms with van der Waals surface area (Å²) in [6.07, 6.45) is 8.97. The highest BCUT2D eigenvalue weighted by Crippen LogP contribution is 2.40. The number of carbonyl (C=O) groups is 1. The van der Waals surface area contributed by atoms with Gasteiger partial charge in [0.2, 0.25) is 0 Å². The third kappa shape index (κ3) is 2.97. The summed E-state index contributed by atoms with van der Waals surface area (Å²) in [6.45, 7) is 6.49. The second-order valence-corrected chi connectivity index (χ2v) is 5.15. The van der Waals surface area contributed by atoms with Crippen molar-refractivity contribution in [1.29, 1.82) is 0 Å². The molecule has 0 atom stereocenters. The summed E-state index contributed by atoms with van der Waals surface area (Å²) in [5, 5.41) is 0. The number of hydrogen-bond donors (Lipinski definition) is 0. The zero-order chi connectivity index (χ0) is 10.6. The van der Waals surface area contributed by atoms with Gasteiger partial charge in [0.15, 0.2) is 0 Å². The van der Waals surface area contributed by atoms with E-state index in [9.17, 15) is 4.79 Å². The van der Waals surface area contributed by atoms with E-state index in [0.29, 0.717) is 0 Å². The van der Waals surface area contributed by atoms with Crippen LogP contribution < -0.4 is 0 Å². The Morgan fingerprint density at radius 3 is 2.36 bits per heavy atom. The van der Waals surface area contributed by atoms with Gasteiger partial charge >= 0.3 is 0 Å². The Morgan fingerprint density at radius 2 is 1.93 bits per heavy atom. The zero-order valence-corrected chi connectivity index (χ0v) is 9.68. The lowest BCUT2D eigenvalue weighted by atomic mass is 9.70. The molecule has 0 bridgehead atoms. The van der Waals surface area contributed by atoms with Crippen LogP contribution in [-0.2, 0) is 4.79 Å². The van der Waals surface area contributed by atoms with Crippen molar-refractivity contribution in [2.45, 2.75) is 52.9 Å². The molecule has 0 aliphatic heterocycles. The Kier molecular flexibility index (Phi) is 3.91. The van der Waals surface area contributed by atoms with Crippen LogP contribution in [0, 0.1) is 11.3 Å². The maximum atomic E-state index is 11.2. The molecule has 0 amide bonds. The van der Waals surface area contributed by atoms with Crippen LogP contribution in [0.1, 0.15) is 52.9 Å². The van der Waals surface area contributed by atoms with Gasteiger partial charge in [-0.25, -0.2) is 0 Å². The van der Waals surface area contributed by atoms with Crippen LogP contribution in [-0.4, -0.2) is 6.29 Å². The van der Waals surface area contributed by atoms with Crippen molar-refractivity contribution in [3.63, 3.8) is 0 Å². The molecule has 0 aromatic rings. The topological polar surface area (TPSA) is 17.1 Å². The van der Waals surface area contributed by atoms with Crippen LogP contribution in [0.4, 0.5) is 0 Å². The van der Waals surface area contributed by atoms with Gasteiger partial charge in [0, 0.05) is 5.41 Å². The van der Waals surface area contributed by atoms with E-state index in [1.165, 1.54) is 24.7 Å². The Bertz CT molecular complexity index is 215. The average molecular weight is 194 g/mol. The SMILES string of the molecule is CC(C)=CCC1(C=O)CCC(C)CC1. The molecule has 0 saturated heterocycles. The molecule has 1 saturated carbocycles. The lowest BCUT2D eigenvalue weighted by Crippen LogP contribution is -2.27. The molecular weight excluding hydrogens is 172 g/mol. The lowest BCUT2D eigenvalue weighted by Gasteiger charge is -2.34. The molecule has 1 rings (SSSR count). The van der Waals surface area contributed by atoms with E-state index in [2.05, 4.69) is 26.8 Å². The molecule has 0 unspecified atom stereocenters. The van der Waals surface area contributed by atoms with Crippen LogP contribution >= 0.6 is 0 Å². The fourth-order valence-electron chi connectivity index (χ4n) is 2.11. The fourth-order valence-corrected chi connectivity index (χ4v) is 2.11. The highest BCUT2D eigenvalue weighted by Gasteiger charge is 2.32. The summed E-state index contributed by atoms with van der Waals surface area (Å²) >= 11 is 0. The van der Waals surface area contributed by atoms with E-state index in [4.69, 9.17) is 0 Å². The van der Waals surface area contributed by atoms with E-state index in [0.717, 1.165) is 25.2 Å². The largest absolute Gasteiger partial charge is 0.303 e. The van der Waals surface area contributed by atoms with Gasteiger partial charge in [-0.05, 0) is 51.9 Å². The molecule has 0 radical (unpaired) electrons. The highest BCUT2D eigenvalue weighted by atomic mass is 16.1. The predicted molar refractivity (Wildman–Crippen MR) is 60.2 cm³/mol. The molecule has 14 heavy (non-hydrogen) atoms. The molecule has 1 heteroatoms. The summed E-state index contributed by atoms with van der Waals surface area (Å²) < 4.78 is 0. The van der Waals surface area contributed by atoms with Crippen molar-refractivity contribution in [3.05, 3.63) is 11.6 Å². The zero-order valence-electron chi connectivity index (χ0n) is 9.68. The molecule has 80 valence electrons. The van der Waals surface area contributed by atoms with Crippen LogP contribution in [0.3, 0.4) is 0 Å². The Labute approximate surface area is 87.6 Å². The lowest BCUT2D eigenvalue weighted by molar-refractivity contribution is -0.118. The molecular formula is C13H22O. The van der Waals surface area contributed by atoms with E-state index in [1.54, 1.807) is 0 Å². The molecule has 0 heterocycles. The molecule has 0 spiro atoms. The third-order valence-corrected chi connectivity index (χ3v) is 3.44. The summed E-state index contributed by atoms with van der Waals surface area (Å²) in [5.74, 6) is 0.815. The van der Waals surface area contributed by atoms with E-state index >= 15 is 0 Å². The minimum Gasteiger partial charge on any atom is -0.303 e. The highest BCUT2D eigenvalue weighted by molar-refractivity contribution is 5.60. The van der Waals surface area contributed by atoms with Crippen molar-refractivity contribution >= 4 is 6.29 Å². The Hall–Kier alpha value is -0.590. The van der Waals surface area contributed by atoms with E-state index < -0.39 is 0 Å². The first-order valence-electron chi connectivity index (χ1n) is 5.68. The standard InChI is InChI=1S/C13H22O/c1-11(2)4-7-13(10-14)8-5-12(3)6-9-13/h4,10,12H,5-9H2,1-3H3. The maximum absolute atomic E-state index is 11.2. The van der Waals surface area contributed by atoms with Gasteiger partial charge < -0.3 is 4.79 Å². The van der Waals surface area contributed by atoms with E-state index in [-0.39, 0.29) is 5.41 Å². The van der Waals surface area contributed by atoms with Crippen LogP contribution in [0.25, 0.3) is 0 Å². The van der Waals surface area contributed by atoms with Crippen LogP contribution in [0.15, 0.2) is 11.6 Å². The van der Waals surface area contributed by atoms with Crippen molar-refractivity contribution in [1.82, 2.24) is 0 Å². The second kappa shape index (κ2) is 4.77. The first-order valence-corrected chi connectivity index (χ1v) is 5.68.